The molecule has 0 fully saturated rings. The average Bonchev–Trinajstić information content (AvgIpc) is 2.96. The molecule has 3 aromatic rings. The van der Waals surface area contributed by atoms with E-state index >= 15 is 0 Å². The van der Waals surface area contributed by atoms with Crippen LogP contribution in [0, 0.1) is 6.92 Å². The standard InChI is InChI=1S/C14H13N3O3/c1-9-12(16-20-15-9)8-17-7-10(6-14(18)19)11-4-2-3-5-13(11)17/h2-5,7H,6,8H2,1H3,(H,18,19). The van der Waals surface area contributed by atoms with Crippen LogP contribution in [0.25, 0.3) is 10.9 Å². The number of aryl methyl sites for hydroxylation is 1. The number of aromatic nitrogens is 3. The lowest BCUT2D eigenvalue weighted by atomic mass is 10.1. The van der Waals surface area contributed by atoms with Gasteiger partial charge in [-0.05, 0) is 18.6 Å². The van der Waals surface area contributed by atoms with Crippen molar-refractivity contribution in [2.24, 2.45) is 0 Å². The highest BCUT2D eigenvalue weighted by atomic mass is 16.6. The molecule has 0 spiro atoms. The van der Waals surface area contributed by atoms with Gasteiger partial charge >= 0.3 is 5.97 Å². The van der Waals surface area contributed by atoms with E-state index in [0.717, 1.165) is 27.9 Å². The first-order valence-electron chi connectivity index (χ1n) is 6.21. The number of hydrogen-bond donors (Lipinski definition) is 1. The molecule has 0 bridgehead atoms. The number of para-hydroxylation sites is 1. The average molecular weight is 271 g/mol. The zero-order valence-electron chi connectivity index (χ0n) is 10.9. The number of fused-ring (bicyclic) bond motifs is 1. The van der Waals surface area contributed by atoms with Gasteiger partial charge in [0.1, 0.15) is 11.4 Å². The molecule has 0 amide bonds. The maximum atomic E-state index is 10.9. The van der Waals surface area contributed by atoms with Crippen molar-refractivity contribution in [3.63, 3.8) is 0 Å². The van der Waals surface area contributed by atoms with E-state index < -0.39 is 5.97 Å². The molecule has 20 heavy (non-hydrogen) atoms. The molecule has 0 aliphatic rings. The van der Waals surface area contributed by atoms with Gasteiger partial charge in [0.2, 0.25) is 0 Å². The molecule has 0 aliphatic carbocycles. The molecular weight excluding hydrogens is 258 g/mol. The Bertz CT molecular complexity index is 773. The molecule has 0 saturated heterocycles. The number of carboxylic acid groups (broad SMARTS) is 1. The van der Waals surface area contributed by atoms with Crippen LogP contribution in [-0.2, 0) is 17.8 Å². The minimum atomic E-state index is -0.841. The lowest BCUT2D eigenvalue weighted by molar-refractivity contribution is -0.136. The monoisotopic (exact) mass is 271 g/mol. The van der Waals surface area contributed by atoms with Gasteiger partial charge in [-0.3, -0.25) is 4.79 Å². The van der Waals surface area contributed by atoms with Crippen LogP contribution >= 0.6 is 0 Å². The topological polar surface area (TPSA) is 81.2 Å². The number of hydrogen-bond acceptors (Lipinski definition) is 4. The predicted octanol–water partition coefficient (Wildman–Crippen LogP) is 2.01. The van der Waals surface area contributed by atoms with Crippen molar-refractivity contribution in [1.29, 1.82) is 0 Å². The van der Waals surface area contributed by atoms with Gasteiger partial charge in [-0.25, -0.2) is 4.63 Å². The Morgan fingerprint density at radius 3 is 2.85 bits per heavy atom. The first-order valence-corrected chi connectivity index (χ1v) is 6.21. The third kappa shape index (κ3) is 2.16. The van der Waals surface area contributed by atoms with Gasteiger partial charge in [0.25, 0.3) is 0 Å². The molecule has 2 aromatic heterocycles. The van der Waals surface area contributed by atoms with Gasteiger partial charge in [-0.2, -0.15) is 0 Å². The Hall–Kier alpha value is -2.63. The summed E-state index contributed by atoms with van der Waals surface area (Å²) >= 11 is 0. The van der Waals surface area contributed by atoms with Gasteiger partial charge in [-0.15, -0.1) is 0 Å². The maximum absolute atomic E-state index is 10.9. The van der Waals surface area contributed by atoms with E-state index in [1.165, 1.54) is 0 Å². The van der Waals surface area contributed by atoms with Crippen LogP contribution in [0.1, 0.15) is 17.0 Å². The van der Waals surface area contributed by atoms with E-state index in [-0.39, 0.29) is 6.42 Å². The molecule has 1 aromatic carbocycles. The maximum Gasteiger partial charge on any atom is 0.307 e. The summed E-state index contributed by atoms with van der Waals surface area (Å²) in [7, 11) is 0. The van der Waals surface area contributed by atoms with Crippen molar-refractivity contribution in [3.05, 3.63) is 47.4 Å². The van der Waals surface area contributed by atoms with E-state index in [1.54, 1.807) is 0 Å². The fraction of sp³-hybridized carbons (Fsp3) is 0.214. The Balaban J connectivity index is 2.06. The number of aliphatic carboxylic acids is 1. The number of carboxylic acids is 1. The van der Waals surface area contributed by atoms with Crippen molar-refractivity contribution in [2.45, 2.75) is 19.9 Å². The molecule has 0 atom stereocenters. The highest BCUT2D eigenvalue weighted by Gasteiger charge is 2.13. The minimum Gasteiger partial charge on any atom is -0.481 e. The largest absolute Gasteiger partial charge is 0.481 e. The molecule has 3 rings (SSSR count). The normalized spacial score (nSPS) is 11.1. The van der Waals surface area contributed by atoms with Crippen LogP contribution in [-0.4, -0.2) is 26.0 Å². The number of benzene rings is 1. The fourth-order valence-corrected chi connectivity index (χ4v) is 2.31. The van der Waals surface area contributed by atoms with Crippen molar-refractivity contribution < 1.29 is 14.5 Å². The van der Waals surface area contributed by atoms with Crippen molar-refractivity contribution in [1.82, 2.24) is 14.9 Å². The van der Waals surface area contributed by atoms with Gasteiger partial charge in [-0.1, -0.05) is 28.5 Å². The number of nitrogens with zero attached hydrogens (tertiary/aromatic N) is 3. The Labute approximate surface area is 114 Å². The number of carbonyl (C=O) groups is 1. The fourth-order valence-electron chi connectivity index (χ4n) is 2.31. The minimum absolute atomic E-state index is 0.00353. The molecule has 0 radical (unpaired) electrons. The Morgan fingerprint density at radius 2 is 2.15 bits per heavy atom. The summed E-state index contributed by atoms with van der Waals surface area (Å²) in [5.41, 5.74) is 3.25. The van der Waals surface area contributed by atoms with E-state index in [2.05, 4.69) is 10.3 Å². The summed E-state index contributed by atoms with van der Waals surface area (Å²) in [4.78, 5) is 10.9. The highest BCUT2D eigenvalue weighted by molar-refractivity contribution is 5.87. The number of rotatable bonds is 4. The van der Waals surface area contributed by atoms with Crippen molar-refractivity contribution in [2.75, 3.05) is 0 Å². The second-order valence-electron chi connectivity index (χ2n) is 4.67. The molecule has 6 nitrogen and oxygen atoms in total. The van der Waals surface area contributed by atoms with Crippen LogP contribution < -0.4 is 0 Å². The van der Waals surface area contributed by atoms with Crippen molar-refractivity contribution >= 4 is 16.9 Å². The first kappa shape index (κ1) is 12.4. The van der Waals surface area contributed by atoms with Gasteiger partial charge in [0.05, 0.1) is 13.0 Å². The van der Waals surface area contributed by atoms with Crippen LogP contribution in [0.15, 0.2) is 35.1 Å². The van der Waals surface area contributed by atoms with Crippen LogP contribution in [0.2, 0.25) is 0 Å². The summed E-state index contributed by atoms with van der Waals surface area (Å²) in [6.45, 7) is 2.34. The molecule has 6 heteroatoms. The highest BCUT2D eigenvalue weighted by Crippen LogP contribution is 2.23. The zero-order valence-corrected chi connectivity index (χ0v) is 10.9. The SMILES string of the molecule is Cc1nonc1Cn1cc(CC(=O)O)c2ccccc21. The summed E-state index contributed by atoms with van der Waals surface area (Å²) in [5.74, 6) is -0.841. The van der Waals surface area contributed by atoms with Gasteiger partial charge in [0.15, 0.2) is 0 Å². The second-order valence-corrected chi connectivity index (χ2v) is 4.67. The summed E-state index contributed by atoms with van der Waals surface area (Å²) in [6, 6.07) is 7.72. The molecule has 2 heterocycles. The molecule has 0 saturated carbocycles. The molecule has 102 valence electrons. The van der Waals surface area contributed by atoms with E-state index in [1.807, 2.05) is 42.0 Å². The molecular formula is C14H13N3O3. The van der Waals surface area contributed by atoms with Gasteiger partial charge in [0, 0.05) is 17.1 Å². The molecule has 1 N–H and O–H groups in total. The second kappa shape index (κ2) is 4.80. The van der Waals surface area contributed by atoms with E-state index in [0.29, 0.717) is 6.54 Å². The molecule has 0 aliphatic heterocycles. The van der Waals surface area contributed by atoms with Crippen LogP contribution in [0.5, 0.6) is 0 Å². The molecule has 0 unspecified atom stereocenters. The summed E-state index contributed by atoms with van der Waals surface area (Å²) in [6.07, 6.45) is 1.86. The summed E-state index contributed by atoms with van der Waals surface area (Å²) in [5, 5.41) is 17.6. The Morgan fingerprint density at radius 1 is 1.35 bits per heavy atom. The van der Waals surface area contributed by atoms with Gasteiger partial charge < -0.3 is 9.67 Å². The third-order valence-electron chi connectivity index (χ3n) is 3.28. The predicted molar refractivity (Wildman–Crippen MR) is 71.4 cm³/mol. The Kier molecular flexibility index (Phi) is 2.98. The van der Waals surface area contributed by atoms with Crippen LogP contribution in [0.3, 0.4) is 0 Å². The summed E-state index contributed by atoms with van der Waals surface area (Å²) < 4.78 is 6.67. The quantitative estimate of drug-likeness (QED) is 0.785. The lowest BCUT2D eigenvalue weighted by Crippen LogP contribution is -2.01. The third-order valence-corrected chi connectivity index (χ3v) is 3.28. The van der Waals surface area contributed by atoms with Crippen molar-refractivity contribution in [3.8, 4) is 0 Å². The lowest BCUT2D eigenvalue weighted by Gasteiger charge is -2.01. The smallest absolute Gasteiger partial charge is 0.307 e. The zero-order chi connectivity index (χ0) is 14.1. The first-order chi connectivity index (χ1) is 9.65. The van der Waals surface area contributed by atoms with E-state index in [9.17, 15) is 4.79 Å². The van der Waals surface area contributed by atoms with Crippen LogP contribution in [0.4, 0.5) is 0 Å². The van der Waals surface area contributed by atoms with E-state index in [4.69, 9.17) is 9.74 Å².